The summed E-state index contributed by atoms with van der Waals surface area (Å²) in [5, 5.41) is 11.7. The quantitative estimate of drug-likeness (QED) is 0.669. The summed E-state index contributed by atoms with van der Waals surface area (Å²) in [6, 6.07) is 4.50. The Labute approximate surface area is 89.1 Å². The number of phenolic OH excluding ortho intramolecular Hbond substituents is 1. The fraction of sp³-hybridized carbons (Fsp3) is 0.364. The largest absolute Gasteiger partial charge is 0.508 e. The van der Waals surface area contributed by atoms with Gasteiger partial charge in [-0.1, -0.05) is 6.07 Å². The Bertz CT molecular complexity index is 364. The van der Waals surface area contributed by atoms with Gasteiger partial charge in [0.25, 0.3) is 0 Å². The van der Waals surface area contributed by atoms with Crippen LogP contribution in [0.5, 0.6) is 5.75 Å². The van der Waals surface area contributed by atoms with Gasteiger partial charge in [-0.2, -0.15) is 0 Å². The first-order valence-corrected chi connectivity index (χ1v) is 4.80. The van der Waals surface area contributed by atoms with Crippen molar-refractivity contribution in [1.82, 2.24) is 5.32 Å². The van der Waals surface area contributed by atoms with E-state index in [2.05, 4.69) is 5.32 Å². The number of carbonyl (C=O) groups excluding carboxylic acids is 1. The molecule has 4 nitrogen and oxygen atoms in total. The first-order valence-electron chi connectivity index (χ1n) is 4.80. The molecule has 0 saturated carbocycles. The third-order valence-electron chi connectivity index (χ3n) is 2.35. The number of aryl methyl sites for hydroxylation is 1. The van der Waals surface area contributed by atoms with Gasteiger partial charge in [0.1, 0.15) is 5.75 Å². The molecule has 1 aromatic rings. The molecule has 4 N–H and O–H groups in total. The van der Waals surface area contributed by atoms with Gasteiger partial charge in [0.2, 0.25) is 5.91 Å². The first-order chi connectivity index (χ1) is 7.04. The van der Waals surface area contributed by atoms with Crippen molar-refractivity contribution in [3.63, 3.8) is 0 Å². The number of phenols is 1. The molecule has 1 atom stereocenters. The summed E-state index contributed by atoms with van der Waals surface area (Å²) in [5.74, 6) is 0.0484. The third-order valence-corrected chi connectivity index (χ3v) is 2.35. The van der Waals surface area contributed by atoms with Gasteiger partial charge in [0.15, 0.2) is 0 Å². The number of nitrogens with one attached hydrogen (secondary N) is 1. The van der Waals surface area contributed by atoms with E-state index in [0.717, 1.165) is 11.1 Å². The summed E-state index contributed by atoms with van der Waals surface area (Å²) in [4.78, 5) is 11.2. The van der Waals surface area contributed by atoms with Gasteiger partial charge >= 0.3 is 0 Å². The summed E-state index contributed by atoms with van der Waals surface area (Å²) < 4.78 is 0. The number of amides is 1. The van der Waals surface area contributed by atoms with Crippen LogP contribution in [0.4, 0.5) is 0 Å². The summed E-state index contributed by atoms with van der Waals surface area (Å²) in [6.45, 7) is 1.88. The minimum Gasteiger partial charge on any atom is -0.508 e. The molecule has 15 heavy (non-hydrogen) atoms. The molecule has 4 heteroatoms. The van der Waals surface area contributed by atoms with Gasteiger partial charge in [0, 0.05) is 7.05 Å². The van der Waals surface area contributed by atoms with Crippen molar-refractivity contribution in [1.29, 1.82) is 0 Å². The van der Waals surface area contributed by atoms with Crippen molar-refractivity contribution < 1.29 is 9.90 Å². The van der Waals surface area contributed by atoms with Crippen molar-refractivity contribution in [3.05, 3.63) is 29.3 Å². The summed E-state index contributed by atoms with van der Waals surface area (Å²) >= 11 is 0. The maximum Gasteiger partial charge on any atom is 0.237 e. The lowest BCUT2D eigenvalue weighted by atomic mass is 10.0. The molecule has 0 bridgehead atoms. The highest BCUT2D eigenvalue weighted by molar-refractivity contribution is 5.81. The molecule has 0 aliphatic carbocycles. The maximum absolute atomic E-state index is 11.2. The van der Waals surface area contributed by atoms with Crippen LogP contribution in [0.3, 0.4) is 0 Å². The van der Waals surface area contributed by atoms with Crippen LogP contribution in [-0.2, 0) is 11.2 Å². The van der Waals surface area contributed by atoms with Crippen LogP contribution in [0.15, 0.2) is 18.2 Å². The summed E-state index contributed by atoms with van der Waals surface area (Å²) in [6.07, 6.45) is 0.478. The molecule has 0 radical (unpaired) electrons. The third kappa shape index (κ3) is 2.95. The average Bonchev–Trinajstić information content (AvgIpc) is 2.20. The molecule has 0 unspecified atom stereocenters. The Morgan fingerprint density at radius 2 is 2.27 bits per heavy atom. The Kier molecular flexibility index (Phi) is 3.68. The minimum atomic E-state index is -0.543. The van der Waals surface area contributed by atoms with Crippen LogP contribution in [0.1, 0.15) is 11.1 Å². The zero-order valence-corrected chi connectivity index (χ0v) is 8.95. The second kappa shape index (κ2) is 4.79. The number of benzene rings is 1. The van der Waals surface area contributed by atoms with E-state index in [1.807, 2.05) is 6.92 Å². The van der Waals surface area contributed by atoms with E-state index in [1.165, 1.54) is 0 Å². The van der Waals surface area contributed by atoms with Crippen molar-refractivity contribution >= 4 is 5.91 Å². The number of rotatable bonds is 3. The van der Waals surface area contributed by atoms with Gasteiger partial charge in [-0.05, 0) is 36.6 Å². The Hall–Kier alpha value is -1.55. The lowest BCUT2D eigenvalue weighted by molar-refractivity contribution is -0.121. The summed E-state index contributed by atoms with van der Waals surface area (Å²) in [5.41, 5.74) is 7.61. The number of carbonyl (C=O) groups is 1. The Morgan fingerprint density at radius 3 is 2.80 bits per heavy atom. The van der Waals surface area contributed by atoms with E-state index < -0.39 is 6.04 Å². The van der Waals surface area contributed by atoms with E-state index in [1.54, 1.807) is 25.2 Å². The highest BCUT2D eigenvalue weighted by atomic mass is 16.3. The number of hydrogen-bond donors (Lipinski definition) is 3. The van der Waals surface area contributed by atoms with Crippen molar-refractivity contribution in [2.75, 3.05) is 7.05 Å². The Balaban J connectivity index is 2.76. The molecule has 0 heterocycles. The van der Waals surface area contributed by atoms with E-state index in [4.69, 9.17) is 5.73 Å². The van der Waals surface area contributed by atoms with Crippen LogP contribution in [0.25, 0.3) is 0 Å². The molecular weight excluding hydrogens is 192 g/mol. The molecule has 0 fully saturated rings. The maximum atomic E-state index is 11.2. The standard InChI is InChI=1S/C11H16N2O2/c1-7-5-9(14)4-3-8(7)6-10(12)11(15)13-2/h3-5,10,14H,6,12H2,1-2H3,(H,13,15)/t10-/m0/s1. The minimum absolute atomic E-state index is 0.178. The Morgan fingerprint density at radius 1 is 1.60 bits per heavy atom. The van der Waals surface area contributed by atoms with E-state index >= 15 is 0 Å². The van der Waals surface area contributed by atoms with Gasteiger partial charge < -0.3 is 16.2 Å². The number of aromatic hydroxyl groups is 1. The molecule has 0 aliphatic rings. The summed E-state index contributed by atoms with van der Waals surface area (Å²) in [7, 11) is 1.56. The van der Waals surface area contributed by atoms with E-state index in [9.17, 15) is 9.90 Å². The average molecular weight is 208 g/mol. The highest BCUT2D eigenvalue weighted by Gasteiger charge is 2.13. The van der Waals surface area contributed by atoms with Crippen LogP contribution >= 0.6 is 0 Å². The molecular formula is C11H16N2O2. The second-order valence-electron chi connectivity index (χ2n) is 3.54. The zero-order chi connectivity index (χ0) is 11.4. The molecule has 1 amide bonds. The number of likely N-dealkylation sites (N-methyl/N-ethyl adjacent to an activating group) is 1. The highest BCUT2D eigenvalue weighted by Crippen LogP contribution is 2.16. The molecule has 1 rings (SSSR count). The first kappa shape index (κ1) is 11.5. The van der Waals surface area contributed by atoms with Crippen molar-refractivity contribution in [2.24, 2.45) is 5.73 Å². The lowest BCUT2D eigenvalue weighted by Crippen LogP contribution is -2.40. The second-order valence-corrected chi connectivity index (χ2v) is 3.54. The molecule has 1 aromatic carbocycles. The molecule has 0 saturated heterocycles. The predicted molar refractivity (Wildman–Crippen MR) is 58.6 cm³/mol. The van der Waals surface area contributed by atoms with Crippen LogP contribution in [0, 0.1) is 6.92 Å². The van der Waals surface area contributed by atoms with Crippen molar-refractivity contribution in [3.8, 4) is 5.75 Å². The van der Waals surface area contributed by atoms with Gasteiger partial charge in [-0.3, -0.25) is 4.79 Å². The van der Waals surface area contributed by atoms with Gasteiger partial charge in [-0.15, -0.1) is 0 Å². The molecule has 82 valence electrons. The number of hydrogen-bond acceptors (Lipinski definition) is 3. The van der Waals surface area contributed by atoms with Gasteiger partial charge in [-0.25, -0.2) is 0 Å². The predicted octanol–water partition coefficient (Wildman–Crippen LogP) is 0.316. The zero-order valence-electron chi connectivity index (χ0n) is 8.95. The molecule has 0 spiro atoms. The smallest absolute Gasteiger partial charge is 0.237 e. The van der Waals surface area contributed by atoms with Gasteiger partial charge in [0.05, 0.1) is 6.04 Å². The lowest BCUT2D eigenvalue weighted by Gasteiger charge is -2.12. The molecule has 0 aromatic heterocycles. The van der Waals surface area contributed by atoms with Crippen molar-refractivity contribution in [2.45, 2.75) is 19.4 Å². The molecule has 0 aliphatic heterocycles. The topological polar surface area (TPSA) is 75.4 Å². The normalized spacial score (nSPS) is 12.2. The van der Waals surface area contributed by atoms with Crippen LogP contribution in [0.2, 0.25) is 0 Å². The van der Waals surface area contributed by atoms with Crippen LogP contribution < -0.4 is 11.1 Å². The fourth-order valence-corrected chi connectivity index (χ4v) is 1.42. The SMILES string of the molecule is CNC(=O)[C@@H](N)Cc1ccc(O)cc1C. The fourth-order valence-electron chi connectivity index (χ4n) is 1.42. The van der Waals surface area contributed by atoms with Crippen LogP contribution in [-0.4, -0.2) is 24.1 Å². The monoisotopic (exact) mass is 208 g/mol. The van der Waals surface area contributed by atoms with E-state index in [0.29, 0.717) is 6.42 Å². The van der Waals surface area contributed by atoms with E-state index in [-0.39, 0.29) is 11.7 Å². The number of nitrogens with two attached hydrogens (primary N) is 1.